The van der Waals surface area contributed by atoms with Gasteiger partial charge < -0.3 is 14.8 Å². The van der Waals surface area contributed by atoms with Crippen molar-refractivity contribution < 1.29 is 14.4 Å². The molecule has 0 radical (unpaired) electrons. The van der Waals surface area contributed by atoms with E-state index in [4.69, 9.17) is 21.1 Å². The number of hydrogen-bond donors (Lipinski definition) is 1. The van der Waals surface area contributed by atoms with Gasteiger partial charge in [-0.3, -0.25) is 10.1 Å². The molecule has 0 unspecified atom stereocenters. The molecule has 0 atom stereocenters. The number of benzene rings is 2. The van der Waals surface area contributed by atoms with Crippen molar-refractivity contribution in [3.8, 4) is 17.4 Å². The van der Waals surface area contributed by atoms with Crippen molar-refractivity contribution in [2.24, 2.45) is 0 Å². The number of halogens is 1. The van der Waals surface area contributed by atoms with Gasteiger partial charge in [0.05, 0.1) is 11.5 Å². The van der Waals surface area contributed by atoms with Gasteiger partial charge in [-0.2, -0.15) is 4.98 Å². The summed E-state index contributed by atoms with van der Waals surface area (Å²) < 4.78 is 11.1. The number of nitro groups is 1. The summed E-state index contributed by atoms with van der Waals surface area (Å²) in [6.07, 6.45) is 1.20. The monoisotopic (exact) mass is 414 g/mol. The molecule has 0 saturated heterocycles. The van der Waals surface area contributed by atoms with Crippen LogP contribution in [0.1, 0.15) is 18.1 Å². The minimum absolute atomic E-state index is 0.0200. The van der Waals surface area contributed by atoms with Gasteiger partial charge in [0.1, 0.15) is 17.8 Å². The van der Waals surface area contributed by atoms with Crippen LogP contribution < -0.4 is 14.8 Å². The van der Waals surface area contributed by atoms with Crippen LogP contribution in [-0.4, -0.2) is 21.5 Å². The highest BCUT2D eigenvalue weighted by Gasteiger charge is 2.25. The van der Waals surface area contributed by atoms with Crippen LogP contribution in [0, 0.1) is 24.0 Å². The molecule has 8 nitrogen and oxygen atoms in total. The summed E-state index contributed by atoms with van der Waals surface area (Å²) in [5.74, 6) is 0.956. The lowest BCUT2D eigenvalue weighted by atomic mass is 10.1. The van der Waals surface area contributed by atoms with Crippen LogP contribution in [0.25, 0.3) is 0 Å². The van der Waals surface area contributed by atoms with Gasteiger partial charge in [-0.1, -0.05) is 11.6 Å². The summed E-state index contributed by atoms with van der Waals surface area (Å²) in [4.78, 5) is 19.1. The van der Waals surface area contributed by atoms with Crippen LogP contribution in [0.4, 0.5) is 17.2 Å². The quantitative estimate of drug-likeness (QED) is 0.397. The number of rotatable bonds is 7. The van der Waals surface area contributed by atoms with Crippen LogP contribution in [-0.2, 0) is 0 Å². The summed E-state index contributed by atoms with van der Waals surface area (Å²) in [5, 5.41) is 15.3. The molecule has 3 aromatic rings. The van der Waals surface area contributed by atoms with E-state index in [0.717, 1.165) is 11.1 Å². The predicted octanol–water partition coefficient (Wildman–Crippen LogP) is 5.59. The Kier molecular flexibility index (Phi) is 6.13. The van der Waals surface area contributed by atoms with E-state index >= 15 is 0 Å². The van der Waals surface area contributed by atoms with Gasteiger partial charge in [0.2, 0.25) is 5.82 Å². The second-order valence-corrected chi connectivity index (χ2v) is 6.57. The molecular formula is C20H19ClN4O4. The van der Waals surface area contributed by atoms with E-state index in [1.54, 1.807) is 36.4 Å². The van der Waals surface area contributed by atoms with Crippen molar-refractivity contribution in [3.63, 3.8) is 0 Å². The van der Waals surface area contributed by atoms with Gasteiger partial charge in [-0.05, 0) is 68.3 Å². The Labute approximate surface area is 172 Å². The van der Waals surface area contributed by atoms with Crippen LogP contribution in [0.5, 0.6) is 17.4 Å². The second-order valence-electron chi connectivity index (χ2n) is 6.19. The van der Waals surface area contributed by atoms with Gasteiger partial charge in [0, 0.05) is 10.7 Å². The zero-order chi connectivity index (χ0) is 21.0. The van der Waals surface area contributed by atoms with Crippen molar-refractivity contribution in [1.29, 1.82) is 0 Å². The third kappa shape index (κ3) is 4.72. The SMILES string of the molecule is CCOc1ccc(Nc2ncnc(Oc3cc(C)c(Cl)c(C)c3)c2[N+](=O)[O-])cc1. The molecule has 29 heavy (non-hydrogen) atoms. The summed E-state index contributed by atoms with van der Waals surface area (Å²) in [5.41, 5.74) is 1.84. The normalized spacial score (nSPS) is 10.5. The predicted molar refractivity (Wildman–Crippen MR) is 111 cm³/mol. The number of aryl methyl sites for hydroxylation is 2. The van der Waals surface area contributed by atoms with Gasteiger partial charge >= 0.3 is 11.6 Å². The molecule has 9 heteroatoms. The average Bonchev–Trinajstić information content (AvgIpc) is 2.68. The number of ether oxygens (including phenoxy) is 2. The fourth-order valence-corrected chi connectivity index (χ4v) is 2.82. The molecule has 2 aromatic carbocycles. The number of nitrogens with one attached hydrogen (secondary N) is 1. The van der Waals surface area contributed by atoms with Crippen LogP contribution >= 0.6 is 11.6 Å². The van der Waals surface area contributed by atoms with E-state index in [2.05, 4.69) is 15.3 Å². The van der Waals surface area contributed by atoms with Crippen molar-refractivity contribution in [2.75, 3.05) is 11.9 Å². The third-order valence-electron chi connectivity index (χ3n) is 4.02. The van der Waals surface area contributed by atoms with E-state index in [-0.39, 0.29) is 17.4 Å². The first-order valence-corrected chi connectivity index (χ1v) is 9.20. The van der Waals surface area contributed by atoms with E-state index in [1.807, 2.05) is 20.8 Å². The number of nitrogens with zero attached hydrogens (tertiary/aromatic N) is 3. The highest BCUT2D eigenvalue weighted by Crippen LogP contribution is 2.37. The number of hydrogen-bond acceptors (Lipinski definition) is 7. The first-order valence-electron chi connectivity index (χ1n) is 8.83. The van der Waals surface area contributed by atoms with Crippen molar-refractivity contribution in [2.45, 2.75) is 20.8 Å². The van der Waals surface area contributed by atoms with Gasteiger partial charge in [0.15, 0.2) is 0 Å². The number of anilines is 2. The lowest BCUT2D eigenvalue weighted by Crippen LogP contribution is -2.04. The molecule has 1 aromatic heterocycles. The first kappa shape index (κ1) is 20.3. The van der Waals surface area contributed by atoms with Crippen LogP contribution in [0.15, 0.2) is 42.7 Å². The zero-order valence-corrected chi connectivity index (χ0v) is 16.9. The minimum Gasteiger partial charge on any atom is -0.494 e. The standard InChI is InChI=1S/C20H19ClN4O4/c1-4-28-15-7-5-14(6-8-15)24-19-18(25(26)27)20(23-11-22-19)29-16-9-12(2)17(21)13(3)10-16/h5-11H,4H2,1-3H3,(H,22,23,24). The lowest BCUT2D eigenvalue weighted by molar-refractivity contribution is -0.385. The van der Waals surface area contributed by atoms with Crippen LogP contribution in [0.3, 0.4) is 0 Å². The minimum atomic E-state index is -0.581. The maximum absolute atomic E-state index is 11.7. The van der Waals surface area contributed by atoms with Gasteiger partial charge in [-0.25, -0.2) is 4.98 Å². The first-order chi connectivity index (χ1) is 13.9. The molecule has 1 heterocycles. The Morgan fingerprint density at radius 2 is 1.76 bits per heavy atom. The summed E-state index contributed by atoms with van der Waals surface area (Å²) in [6, 6.07) is 10.4. The van der Waals surface area contributed by atoms with Crippen molar-refractivity contribution in [3.05, 3.63) is 69.0 Å². The average molecular weight is 415 g/mol. The Balaban J connectivity index is 1.93. The molecule has 0 aliphatic carbocycles. The Bertz CT molecular complexity index is 1020. The molecule has 0 amide bonds. The largest absolute Gasteiger partial charge is 0.494 e. The van der Waals surface area contributed by atoms with E-state index in [9.17, 15) is 10.1 Å². The summed E-state index contributed by atoms with van der Waals surface area (Å²) in [7, 11) is 0. The van der Waals surface area contributed by atoms with E-state index in [0.29, 0.717) is 28.8 Å². The molecule has 0 aliphatic rings. The molecule has 0 aliphatic heterocycles. The maximum Gasteiger partial charge on any atom is 0.373 e. The highest BCUT2D eigenvalue weighted by molar-refractivity contribution is 6.32. The zero-order valence-electron chi connectivity index (χ0n) is 16.1. The molecule has 3 rings (SSSR count). The topological polar surface area (TPSA) is 99.4 Å². The Morgan fingerprint density at radius 1 is 1.10 bits per heavy atom. The molecule has 0 bridgehead atoms. The summed E-state index contributed by atoms with van der Waals surface area (Å²) in [6.45, 7) is 6.10. The molecule has 0 saturated carbocycles. The molecule has 150 valence electrons. The molecule has 0 fully saturated rings. The lowest BCUT2D eigenvalue weighted by Gasteiger charge is -2.11. The molecular weight excluding hydrogens is 396 g/mol. The fourth-order valence-electron chi connectivity index (χ4n) is 2.71. The third-order valence-corrected chi connectivity index (χ3v) is 4.62. The highest BCUT2D eigenvalue weighted by atomic mass is 35.5. The van der Waals surface area contributed by atoms with Crippen molar-refractivity contribution >= 4 is 28.8 Å². The summed E-state index contributed by atoms with van der Waals surface area (Å²) >= 11 is 6.17. The smallest absolute Gasteiger partial charge is 0.373 e. The van der Waals surface area contributed by atoms with Gasteiger partial charge in [-0.15, -0.1) is 0 Å². The van der Waals surface area contributed by atoms with Crippen molar-refractivity contribution in [1.82, 2.24) is 9.97 Å². The maximum atomic E-state index is 11.7. The van der Waals surface area contributed by atoms with E-state index in [1.165, 1.54) is 6.33 Å². The fraction of sp³-hybridized carbons (Fsp3) is 0.200. The van der Waals surface area contributed by atoms with Crippen LogP contribution in [0.2, 0.25) is 5.02 Å². The Morgan fingerprint density at radius 3 is 2.34 bits per heavy atom. The molecule has 0 spiro atoms. The van der Waals surface area contributed by atoms with E-state index < -0.39 is 4.92 Å². The number of aromatic nitrogens is 2. The van der Waals surface area contributed by atoms with Gasteiger partial charge in [0.25, 0.3) is 0 Å². The molecule has 1 N–H and O–H groups in total. The second kappa shape index (κ2) is 8.74. The Hall–Kier alpha value is -3.39.